The molecule has 9 atom stereocenters. The molecule has 9 unspecified atom stereocenters. The molecule has 2 fully saturated rings. The number of carbonyl (C=O) groups is 3. The van der Waals surface area contributed by atoms with Crippen molar-refractivity contribution in [2.45, 2.75) is 77.3 Å². The van der Waals surface area contributed by atoms with Crippen LogP contribution in [-0.4, -0.2) is 53.9 Å². The molecule has 0 spiro atoms. The molecule has 3 aliphatic carbocycles. The van der Waals surface area contributed by atoms with Gasteiger partial charge in [0.05, 0.1) is 37.8 Å². The van der Waals surface area contributed by atoms with Gasteiger partial charge in [0.1, 0.15) is 12.2 Å². The van der Waals surface area contributed by atoms with Gasteiger partial charge in [0, 0.05) is 29.6 Å². The highest BCUT2D eigenvalue weighted by Gasteiger charge is 2.74. The van der Waals surface area contributed by atoms with E-state index in [2.05, 4.69) is 6.92 Å². The Bertz CT molecular complexity index is 1160. The Morgan fingerprint density at radius 1 is 1.22 bits per heavy atom. The average molecular weight is 499 g/mol. The minimum absolute atomic E-state index is 0.0395. The van der Waals surface area contributed by atoms with Crippen LogP contribution in [-0.2, 0) is 28.6 Å². The van der Waals surface area contributed by atoms with Gasteiger partial charge in [-0.05, 0) is 55.5 Å². The molecule has 0 bridgehead atoms. The van der Waals surface area contributed by atoms with Gasteiger partial charge in [-0.15, -0.1) is 0 Å². The van der Waals surface area contributed by atoms with Crippen LogP contribution in [0.25, 0.3) is 0 Å². The van der Waals surface area contributed by atoms with E-state index in [0.717, 1.165) is 16.7 Å². The number of furan rings is 1. The highest BCUT2D eigenvalue weighted by molar-refractivity contribution is 5.97. The standard InChI is InChI=1S/C28H34O8/c1-14-17(16-8-10-34-13-16)11-18-22(14)28(5)19(12-21(31)33-6)27(4)20(30)7-9-26(3,32)24(27)23(25(28)36-18)35-15(2)29/h7-10,13,17-19,23-25,32H,11-12H2,1-6H3. The Morgan fingerprint density at radius 2 is 1.94 bits per heavy atom. The number of fused-ring (bicyclic) bond motifs is 4. The summed E-state index contributed by atoms with van der Waals surface area (Å²) in [5, 5.41) is 11.5. The predicted molar refractivity (Wildman–Crippen MR) is 128 cm³/mol. The van der Waals surface area contributed by atoms with Crippen LogP contribution < -0.4 is 0 Å². The van der Waals surface area contributed by atoms with Crippen molar-refractivity contribution in [1.82, 2.24) is 0 Å². The smallest absolute Gasteiger partial charge is 0.305 e. The van der Waals surface area contributed by atoms with Gasteiger partial charge in [-0.2, -0.15) is 0 Å². The molecule has 1 aromatic rings. The Labute approximate surface area is 210 Å². The van der Waals surface area contributed by atoms with Gasteiger partial charge in [0.15, 0.2) is 5.78 Å². The van der Waals surface area contributed by atoms with E-state index in [1.807, 2.05) is 13.0 Å². The third kappa shape index (κ3) is 3.23. The van der Waals surface area contributed by atoms with Crippen molar-refractivity contribution >= 4 is 17.7 Å². The molecule has 1 aromatic heterocycles. The van der Waals surface area contributed by atoms with Gasteiger partial charge >= 0.3 is 11.9 Å². The third-order valence-electron chi connectivity index (χ3n) is 9.50. The summed E-state index contributed by atoms with van der Waals surface area (Å²) >= 11 is 0. The van der Waals surface area contributed by atoms with Gasteiger partial charge < -0.3 is 23.7 Å². The SMILES string of the molecule is COC(=O)CC1C2(C)C3=C(C)C(c4ccoc4)CC3OC2C(OC(C)=O)C2C(C)(O)C=CC(=O)C21C. The molecule has 2 heterocycles. The number of aliphatic hydroxyl groups is 1. The number of allylic oxidation sites excluding steroid dienone is 2. The summed E-state index contributed by atoms with van der Waals surface area (Å²) in [4.78, 5) is 38.9. The molecule has 5 rings (SSSR count). The summed E-state index contributed by atoms with van der Waals surface area (Å²) in [6.07, 6.45) is 5.04. The summed E-state index contributed by atoms with van der Waals surface area (Å²) in [6, 6.07) is 1.94. The molecule has 36 heavy (non-hydrogen) atoms. The summed E-state index contributed by atoms with van der Waals surface area (Å²) in [5.74, 6) is -2.49. The molecule has 1 saturated carbocycles. The second-order valence-corrected chi connectivity index (χ2v) is 11.4. The fourth-order valence-corrected chi connectivity index (χ4v) is 8.12. The van der Waals surface area contributed by atoms with E-state index in [1.54, 1.807) is 26.4 Å². The van der Waals surface area contributed by atoms with Gasteiger partial charge in [-0.25, -0.2) is 0 Å². The summed E-state index contributed by atoms with van der Waals surface area (Å²) in [6.45, 7) is 8.80. The van der Waals surface area contributed by atoms with Crippen LogP contribution in [0.2, 0.25) is 0 Å². The molecule has 0 radical (unpaired) electrons. The van der Waals surface area contributed by atoms with Crippen molar-refractivity contribution in [2.24, 2.45) is 22.7 Å². The van der Waals surface area contributed by atoms with E-state index in [-0.39, 0.29) is 24.2 Å². The second-order valence-electron chi connectivity index (χ2n) is 11.4. The fourth-order valence-electron chi connectivity index (χ4n) is 8.12. The van der Waals surface area contributed by atoms with Gasteiger partial charge in [-0.3, -0.25) is 14.4 Å². The van der Waals surface area contributed by atoms with E-state index in [4.69, 9.17) is 18.6 Å². The number of hydrogen-bond acceptors (Lipinski definition) is 8. The lowest BCUT2D eigenvalue weighted by molar-refractivity contribution is -0.232. The quantitative estimate of drug-likeness (QED) is 0.496. The lowest BCUT2D eigenvalue weighted by Crippen LogP contribution is -2.70. The van der Waals surface area contributed by atoms with Crippen molar-refractivity contribution in [3.63, 3.8) is 0 Å². The lowest BCUT2D eigenvalue weighted by atomic mass is 9.43. The first-order valence-corrected chi connectivity index (χ1v) is 12.5. The molecule has 194 valence electrons. The van der Waals surface area contributed by atoms with Gasteiger partial charge in [-0.1, -0.05) is 19.4 Å². The minimum atomic E-state index is -1.47. The molecule has 0 amide bonds. The van der Waals surface area contributed by atoms with Crippen molar-refractivity contribution in [2.75, 3.05) is 7.11 Å². The number of ketones is 1. The monoisotopic (exact) mass is 498 g/mol. The maximum atomic E-state index is 13.7. The molecular formula is C28H34O8. The van der Waals surface area contributed by atoms with E-state index >= 15 is 0 Å². The van der Waals surface area contributed by atoms with Gasteiger partial charge in [0.25, 0.3) is 0 Å². The van der Waals surface area contributed by atoms with Crippen LogP contribution >= 0.6 is 0 Å². The highest BCUT2D eigenvalue weighted by atomic mass is 16.6. The first kappa shape index (κ1) is 25.0. The molecule has 1 aliphatic heterocycles. The zero-order valence-corrected chi connectivity index (χ0v) is 21.6. The lowest BCUT2D eigenvalue weighted by Gasteiger charge is -2.62. The second kappa shape index (κ2) is 8.15. The fraction of sp³-hybridized carbons (Fsp3) is 0.607. The maximum Gasteiger partial charge on any atom is 0.305 e. The van der Waals surface area contributed by atoms with Gasteiger partial charge in [0.2, 0.25) is 0 Å². The molecule has 1 saturated heterocycles. The highest BCUT2D eigenvalue weighted by Crippen LogP contribution is 2.69. The zero-order valence-electron chi connectivity index (χ0n) is 21.6. The molecule has 4 aliphatic rings. The number of rotatable bonds is 4. The van der Waals surface area contributed by atoms with Crippen molar-refractivity contribution in [3.05, 3.63) is 47.5 Å². The Kier molecular flexibility index (Phi) is 5.65. The number of hydrogen-bond donors (Lipinski definition) is 1. The minimum Gasteiger partial charge on any atom is -0.472 e. The van der Waals surface area contributed by atoms with E-state index in [1.165, 1.54) is 26.2 Å². The maximum absolute atomic E-state index is 13.7. The first-order valence-electron chi connectivity index (χ1n) is 12.5. The van der Waals surface area contributed by atoms with Crippen LogP contribution in [0.1, 0.15) is 58.9 Å². The largest absolute Gasteiger partial charge is 0.472 e. The summed E-state index contributed by atoms with van der Waals surface area (Å²) in [7, 11) is 1.33. The number of ether oxygens (including phenoxy) is 3. The average Bonchev–Trinajstić information content (AvgIpc) is 3.50. The van der Waals surface area contributed by atoms with E-state index in [9.17, 15) is 19.5 Å². The van der Waals surface area contributed by atoms with Crippen molar-refractivity contribution in [1.29, 1.82) is 0 Å². The number of methoxy groups -OCH3 is 1. The first-order chi connectivity index (χ1) is 16.9. The van der Waals surface area contributed by atoms with Crippen LogP contribution in [0.15, 0.2) is 46.3 Å². The molecule has 8 nitrogen and oxygen atoms in total. The molecule has 0 aromatic carbocycles. The van der Waals surface area contributed by atoms with Crippen molar-refractivity contribution in [3.8, 4) is 0 Å². The number of carbonyl (C=O) groups excluding carboxylic acids is 3. The predicted octanol–water partition coefficient (Wildman–Crippen LogP) is 3.49. The van der Waals surface area contributed by atoms with Crippen LogP contribution in [0.3, 0.4) is 0 Å². The van der Waals surface area contributed by atoms with E-state index in [0.29, 0.717) is 6.42 Å². The topological polar surface area (TPSA) is 112 Å². The normalized spacial score (nSPS) is 43.1. The van der Waals surface area contributed by atoms with Crippen LogP contribution in [0, 0.1) is 22.7 Å². The Morgan fingerprint density at radius 3 is 2.56 bits per heavy atom. The zero-order chi connectivity index (χ0) is 26.2. The molecule has 8 heteroatoms. The Balaban J connectivity index is 1.75. The van der Waals surface area contributed by atoms with Crippen LogP contribution in [0.4, 0.5) is 0 Å². The third-order valence-corrected chi connectivity index (χ3v) is 9.50. The summed E-state index contributed by atoms with van der Waals surface area (Å²) < 4.78 is 23.0. The van der Waals surface area contributed by atoms with Crippen LogP contribution in [0.5, 0.6) is 0 Å². The molecular weight excluding hydrogens is 464 g/mol. The Hall–Kier alpha value is -2.71. The molecule has 1 N–H and O–H groups in total. The van der Waals surface area contributed by atoms with E-state index < -0.39 is 52.4 Å². The van der Waals surface area contributed by atoms with Crippen molar-refractivity contribution < 1.29 is 38.1 Å². The number of esters is 2. The summed E-state index contributed by atoms with van der Waals surface area (Å²) in [5.41, 5.74) is -0.344.